The number of nitrogens with one attached hydrogen (secondary N) is 1. The number of pyridine rings is 1. The van der Waals surface area contributed by atoms with Crippen LogP contribution in [0, 0.1) is 11.8 Å². The summed E-state index contributed by atoms with van der Waals surface area (Å²) in [5, 5.41) is 12.5. The molecule has 0 bridgehead atoms. The van der Waals surface area contributed by atoms with Crippen LogP contribution in [0.5, 0.6) is 0 Å². The van der Waals surface area contributed by atoms with Gasteiger partial charge < -0.3 is 5.32 Å². The molecule has 0 spiro atoms. The van der Waals surface area contributed by atoms with Gasteiger partial charge in [-0.25, -0.2) is 0 Å². The maximum absolute atomic E-state index is 12.4. The molecule has 24 heavy (non-hydrogen) atoms. The van der Waals surface area contributed by atoms with E-state index >= 15 is 0 Å². The molecule has 5 nitrogen and oxygen atoms in total. The summed E-state index contributed by atoms with van der Waals surface area (Å²) in [6, 6.07) is 3.81. The van der Waals surface area contributed by atoms with E-state index in [1.165, 1.54) is 43.4 Å². The average molecular weight is 344 g/mol. The lowest BCUT2D eigenvalue weighted by Gasteiger charge is -2.27. The molecule has 6 heteroatoms. The molecule has 1 aliphatic rings. The Labute approximate surface area is 146 Å². The van der Waals surface area contributed by atoms with Gasteiger partial charge in [-0.05, 0) is 43.7 Å². The Morgan fingerprint density at radius 1 is 1.29 bits per heavy atom. The fraction of sp³-hybridized carbons (Fsp3) is 0.556. The SMILES string of the molecule is CCCCC1CCC(C(=O)Nc2nnc(-c3cccnc3)s2)CC1. The summed E-state index contributed by atoms with van der Waals surface area (Å²) >= 11 is 1.40. The van der Waals surface area contributed by atoms with Gasteiger partial charge in [0.15, 0.2) is 5.01 Å². The third-order valence-electron chi connectivity index (χ3n) is 4.75. The van der Waals surface area contributed by atoms with E-state index in [4.69, 9.17) is 0 Å². The minimum absolute atomic E-state index is 0.0952. The lowest BCUT2D eigenvalue weighted by atomic mass is 9.79. The van der Waals surface area contributed by atoms with Crippen LogP contribution >= 0.6 is 11.3 Å². The zero-order chi connectivity index (χ0) is 16.8. The van der Waals surface area contributed by atoms with E-state index in [1.807, 2.05) is 12.1 Å². The van der Waals surface area contributed by atoms with Crippen molar-refractivity contribution in [2.45, 2.75) is 51.9 Å². The molecular weight excluding hydrogens is 320 g/mol. The summed E-state index contributed by atoms with van der Waals surface area (Å²) in [5.74, 6) is 1.03. The van der Waals surface area contributed by atoms with Gasteiger partial charge in [-0.2, -0.15) is 0 Å². The highest BCUT2D eigenvalue weighted by molar-refractivity contribution is 7.18. The van der Waals surface area contributed by atoms with E-state index in [-0.39, 0.29) is 11.8 Å². The molecule has 0 atom stereocenters. The molecule has 1 amide bonds. The first-order valence-corrected chi connectivity index (χ1v) is 9.62. The molecule has 0 aromatic carbocycles. The Kier molecular flexibility index (Phi) is 5.91. The van der Waals surface area contributed by atoms with Crippen LogP contribution in [0.4, 0.5) is 5.13 Å². The number of aromatic nitrogens is 3. The van der Waals surface area contributed by atoms with Crippen molar-refractivity contribution < 1.29 is 4.79 Å². The maximum atomic E-state index is 12.4. The zero-order valence-corrected chi connectivity index (χ0v) is 14.9. The summed E-state index contributed by atoms with van der Waals surface area (Å²) in [5.41, 5.74) is 0.923. The van der Waals surface area contributed by atoms with Crippen LogP contribution in [0.3, 0.4) is 0 Å². The fourth-order valence-corrected chi connectivity index (χ4v) is 4.03. The molecule has 0 unspecified atom stereocenters. The van der Waals surface area contributed by atoms with Gasteiger partial charge in [0.1, 0.15) is 0 Å². The van der Waals surface area contributed by atoms with Crippen LogP contribution < -0.4 is 5.32 Å². The smallest absolute Gasteiger partial charge is 0.229 e. The highest BCUT2D eigenvalue weighted by Crippen LogP contribution is 2.33. The molecule has 1 saturated carbocycles. The number of hydrogen-bond acceptors (Lipinski definition) is 5. The molecular formula is C18H24N4OS. The summed E-state index contributed by atoms with van der Waals surface area (Å²) in [4.78, 5) is 16.5. The maximum Gasteiger partial charge on any atom is 0.229 e. The first kappa shape index (κ1) is 17.0. The number of nitrogens with zero attached hydrogens (tertiary/aromatic N) is 3. The molecule has 1 fully saturated rings. The standard InChI is InChI=1S/C18H24N4OS/c1-2-3-5-13-7-9-14(10-8-13)16(23)20-18-22-21-17(24-18)15-6-4-11-19-12-15/h4,6,11-14H,2-3,5,7-10H2,1H3,(H,20,22,23). The molecule has 2 aromatic heterocycles. The van der Waals surface area contributed by atoms with Crippen LogP contribution in [-0.2, 0) is 4.79 Å². The van der Waals surface area contributed by atoms with Crippen LogP contribution in [0.25, 0.3) is 10.6 Å². The van der Waals surface area contributed by atoms with Crippen molar-refractivity contribution in [3.05, 3.63) is 24.5 Å². The second-order valence-electron chi connectivity index (χ2n) is 6.50. The molecule has 2 aromatic rings. The van der Waals surface area contributed by atoms with Gasteiger partial charge in [0.25, 0.3) is 0 Å². The minimum Gasteiger partial charge on any atom is -0.300 e. The van der Waals surface area contributed by atoms with E-state index in [0.717, 1.165) is 29.3 Å². The molecule has 2 heterocycles. The van der Waals surface area contributed by atoms with Gasteiger partial charge in [-0.1, -0.05) is 37.5 Å². The van der Waals surface area contributed by atoms with Crippen molar-refractivity contribution >= 4 is 22.4 Å². The topological polar surface area (TPSA) is 67.8 Å². The largest absolute Gasteiger partial charge is 0.300 e. The van der Waals surface area contributed by atoms with Crippen molar-refractivity contribution in [1.29, 1.82) is 0 Å². The average Bonchev–Trinajstić information content (AvgIpc) is 3.09. The minimum atomic E-state index is 0.0952. The molecule has 0 radical (unpaired) electrons. The Morgan fingerprint density at radius 2 is 2.12 bits per heavy atom. The summed E-state index contributed by atoms with van der Waals surface area (Å²) in [7, 11) is 0. The first-order valence-electron chi connectivity index (χ1n) is 8.81. The third-order valence-corrected chi connectivity index (χ3v) is 5.63. The molecule has 0 aliphatic heterocycles. The number of rotatable bonds is 6. The van der Waals surface area contributed by atoms with E-state index < -0.39 is 0 Å². The van der Waals surface area contributed by atoms with E-state index in [9.17, 15) is 4.79 Å². The Bertz CT molecular complexity index is 650. The number of unbranched alkanes of at least 4 members (excludes halogenated alkanes) is 1. The van der Waals surface area contributed by atoms with E-state index in [0.29, 0.717) is 5.13 Å². The zero-order valence-electron chi connectivity index (χ0n) is 14.1. The number of amides is 1. The Balaban J connectivity index is 1.52. The van der Waals surface area contributed by atoms with Gasteiger partial charge in [-0.15, -0.1) is 10.2 Å². The molecule has 3 rings (SSSR count). The van der Waals surface area contributed by atoms with E-state index in [1.54, 1.807) is 12.4 Å². The van der Waals surface area contributed by atoms with Gasteiger partial charge in [0.2, 0.25) is 11.0 Å². The normalized spacial score (nSPS) is 20.7. The van der Waals surface area contributed by atoms with Crippen molar-refractivity contribution in [3.63, 3.8) is 0 Å². The monoisotopic (exact) mass is 344 g/mol. The van der Waals surface area contributed by atoms with Crippen molar-refractivity contribution in [2.24, 2.45) is 11.8 Å². The predicted molar refractivity (Wildman–Crippen MR) is 96.7 cm³/mol. The van der Waals surface area contributed by atoms with Crippen LogP contribution in [0.1, 0.15) is 51.9 Å². The fourth-order valence-electron chi connectivity index (χ4n) is 3.29. The van der Waals surface area contributed by atoms with Crippen molar-refractivity contribution in [3.8, 4) is 10.6 Å². The summed E-state index contributed by atoms with van der Waals surface area (Å²) in [6.07, 6.45) is 11.7. The highest BCUT2D eigenvalue weighted by atomic mass is 32.1. The van der Waals surface area contributed by atoms with Gasteiger partial charge in [0, 0.05) is 23.9 Å². The Hall–Kier alpha value is -1.82. The second kappa shape index (κ2) is 8.33. The van der Waals surface area contributed by atoms with Crippen molar-refractivity contribution in [2.75, 3.05) is 5.32 Å². The third kappa shape index (κ3) is 4.38. The molecule has 1 N–H and O–H groups in total. The van der Waals surface area contributed by atoms with Gasteiger partial charge in [-0.3, -0.25) is 9.78 Å². The summed E-state index contributed by atoms with van der Waals surface area (Å²) < 4.78 is 0. The highest BCUT2D eigenvalue weighted by Gasteiger charge is 2.26. The predicted octanol–water partition coefficient (Wildman–Crippen LogP) is 4.54. The van der Waals surface area contributed by atoms with Gasteiger partial charge >= 0.3 is 0 Å². The molecule has 0 saturated heterocycles. The number of carbonyl (C=O) groups is 1. The van der Waals surface area contributed by atoms with Crippen molar-refractivity contribution in [1.82, 2.24) is 15.2 Å². The van der Waals surface area contributed by atoms with Gasteiger partial charge in [0.05, 0.1) is 0 Å². The quantitative estimate of drug-likeness (QED) is 0.835. The lowest BCUT2D eigenvalue weighted by Crippen LogP contribution is -2.27. The molecule has 128 valence electrons. The number of carbonyl (C=O) groups excluding carboxylic acids is 1. The lowest BCUT2D eigenvalue weighted by molar-refractivity contribution is -0.121. The summed E-state index contributed by atoms with van der Waals surface area (Å²) in [6.45, 7) is 2.24. The van der Waals surface area contributed by atoms with Crippen LogP contribution in [0.2, 0.25) is 0 Å². The van der Waals surface area contributed by atoms with E-state index in [2.05, 4.69) is 27.4 Å². The van der Waals surface area contributed by atoms with Crippen LogP contribution in [-0.4, -0.2) is 21.1 Å². The van der Waals surface area contributed by atoms with Crippen LogP contribution in [0.15, 0.2) is 24.5 Å². The second-order valence-corrected chi connectivity index (χ2v) is 7.48. The Morgan fingerprint density at radius 3 is 2.83 bits per heavy atom. The number of hydrogen-bond donors (Lipinski definition) is 1. The molecule has 1 aliphatic carbocycles. The first-order chi connectivity index (χ1) is 11.8. The number of anilines is 1.